The molecule has 0 unspecified atom stereocenters. The lowest BCUT2D eigenvalue weighted by molar-refractivity contribution is -0.136. The average molecular weight is 1670 g/mol. The standard InChI is InChI=1S/C13H19FN2O3.C12H15FN2O3.C11H12FN5O3.C11H15FN2O5.C10H13FN2O4.C9H11FN2O5.6CH4/c1-4-13(5-2)8(3)10(14)11(19-13)16-7-6-9(17)15-12(16)18;1-3-12-6-17-11-14-8(16)4-5-15(11)10(18-12)9(13)7(12)2;1-6-8(12)9-17-3-2-7(18)15-10(17)19-5-11(6,20-9)4-14-16-13;1-6-8(12)9(19-11(6,4-15)5-16)14-3-2-7(17)13-10(14)18;1-5-6(4-14)17-9(8(5)11)13-3-2-7(15)12-10(13)16;10-6-7(15)4(3-13)17-8(6)12-2-1-5(14)11-9(12)16;;;;;;/h6-8,10-11H,4-5H2,1-3H3,(H,15,17,18);4-5,7,9-10H,3,6H2,1-2H3;2-3,6,8-9H,4-5H2,1H3;2-3,6,8-9,15-16H,4-5H2,1H3,(H,13,17,18);2-3,5-6,8-9,14H,4H2,1H3,(H,12,15,16);1-2,4,6-8,13,15H,3H2,(H,11,14,16);6*1H4/t8-,10+,11+;7-,9+,10+,12+;6-,8+,9+,11+;6-,8+,9+;5-,6-,8-,9-;4-,6-,7-,8-;;;;;;/m000011....../s1. The lowest BCUT2D eigenvalue weighted by Crippen LogP contribution is -2.45. The van der Waals surface area contributed by atoms with Gasteiger partial charge in [-0.2, -0.15) is 9.97 Å². The van der Waals surface area contributed by atoms with Gasteiger partial charge in [0.15, 0.2) is 74.4 Å². The number of aromatic nitrogens is 12. The predicted octanol–water partition coefficient (Wildman–Crippen LogP) is 4.18. The van der Waals surface area contributed by atoms with E-state index in [9.17, 15) is 89.6 Å². The van der Waals surface area contributed by atoms with E-state index in [0.29, 0.717) is 19.3 Å². The Bertz CT molecular complexity index is 4680. The Kier molecular flexibility index (Phi) is 36.1. The van der Waals surface area contributed by atoms with Crippen molar-refractivity contribution in [2.24, 2.45) is 34.7 Å². The third-order valence-electron chi connectivity index (χ3n) is 21.4. The van der Waals surface area contributed by atoms with E-state index >= 15 is 0 Å². The van der Waals surface area contributed by atoms with Crippen LogP contribution >= 0.6 is 0 Å². The first kappa shape index (κ1) is 101. The van der Waals surface area contributed by atoms with Crippen LogP contribution < -0.4 is 65.6 Å². The summed E-state index contributed by atoms with van der Waals surface area (Å²) in [6.07, 6.45) is -8.68. The molecular weight excluding hydrogens is 1560 g/mol. The van der Waals surface area contributed by atoms with Gasteiger partial charge in [-0.25, -0.2) is 45.5 Å². The molecule has 0 amide bonds. The van der Waals surface area contributed by atoms with Gasteiger partial charge in [0.25, 0.3) is 33.4 Å². The van der Waals surface area contributed by atoms with Gasteiger partial charge in [-0.1, -0.05) is 105 Å². The predicted molar refractivity (Wildman–Crippen MR) is 407 cm³/mol. The van der Waals surface area contributed by atoms with E-state index < -0.39 is 209 Å². The Balaban J connectivity index is 0.000000357. The fourth-order valence-electron chi connectivity index (χ4n) is 14.0. The Morgan fingerprint density at radius 3 is 1.11 bits per heavy atom. The van der Waals surface area contributed by atoms with Gasteiger partial charge in [-0.05, 0) is 24.8 Å². The van der Waals surface area contributed by atoms with Crippen LogP contribution in [-0.2, 0) is 28.4 Å². The fourth-order valence-corrected chi connectivity index (χ4v) is 14.0. The Morgan fingerprint density at radius 2 is 0.776 bits per heavy atom. The zero-order chi connectivity index (χ0) is 80.8. The molecule has 0 spiro atoms. The van der Waals surface area contributed by atoms with Crippen LogP contribution in [0.15, 0.2) is 127 Å². The normalized spacial score (nSPS) is 31.2. The molecular formula is C72H109F6N15O23. The second kappa shape index (κ2) is 41.6. The SMILES string of the molecule is C.C.C.C.C.C.CCC1(CC)O[C@@H](n2ccc(=O)[nH]c2=O)[C@H](F)[C@@H]1C.CC[C@]12COc3nc(=O)ccn3[C@H](O1)[C@H](F)[C@@H]2C.C[C@H]1[C@@H](F)[C@H](n2ccc(=O)[nH]c2=O)OC1(CO)CO.C[C@H]1[C@@H](F)[C@H](n2ccc(=O)[nH]c2=O)O[C@@H]1CO.C[C@H]1[C@@H](F)[C@H]2O[C@]1(CN=[N+]=[N-])COc1nc(=O)ccn12.O=c1ccn([C@@H]2O[C@H](CO)[C@@H](O)[C@H]2F)c(=O)[nH]1. The second-order valence-corrected chi connectivity index (χ2v) is 27.3. The Hall–Kier alpha value is -9.47. The summed E-state index contributed by atoms with van der Waals surface area (Å²) in [6.45, 7) is 12.4. The van der Waals surface area contributed by atoms with Gasteiger partial charge in [0.05, 0.1) is 44.7 Å². The maximum Gasteiger partial charge on any atom is 0.330 e. The molecule has 38 nitrogen and oxygen atoms in total. The van der Waals surface area contributed by atoms with Crippen LogP contribution in [0.3, 0.4) is 0 Å². The minimum absolute atomic E-state index is 0. The van der Waals surface area contributed by atoms with E-state index in [2.05, 4.69) is 25.0 Å². The lowest BCUT2D eigenvalue weighted by atomic mass is 9.83. The quantitative estimate of drug-likeness (QED) is 0.0339. The summed E-state index contributed by atoms with van der Waals surface area (Å²) in [4.78, 5) is 131. The highest BCUT2D eigenvalue weighted by Gasteiger charge is 2.59. The van der Waals surface area contributed by atoms with Crippen molar-refractivity contribution in [2.75, 3.05) is 46.2 Å². The number of aliphatic hydroxyl groups excluding tert-OH is 5. The minimum Gasteiger partial charge on any atom is -0.461 e. The van der Waals surface area contributed by atoms with Gasteiger partial charge in [0.1, 0.15) is 42.2 Å². The molecule has 8 aliphatic heterocycles. The molecule has 22 atom stereocenters. The van der Waals surface area contributed by atoms with Gasteiger partial charge < -0.3 is 63.4 Å². The Morgan fingerprint density at radius 1 is 0.448 bits per heavy atom. The smallest absolute Gasteiger partial charge is 0.330 e. The largest absolute Gasteiger partial charge is 0.461 e. The van der Waals surface area contributed by atoms with Crippen LogP contribution in [0.1, 0.15) is 157 Å². The molecule has 14 rings (SSSR count). The molecule has 4 bridgehead atoms. The number of aromatic amines is 4. The number of aliphatic hydroxyl groups is 5. The van der Waals surface area contributed by atoms with Gasteiger partial charge in [-0.3, -0.25) is 76.1 Å². The molecule has 6 aromatic rings. The molecule has 0 saturated carbocycles. The van der Waals surface area contributed by atoms with Crippen LogP contribution in [0.5, 0.6) is 12.0 Å². The number of rotatable bonds is 13. The zero-order valence-electron chi connectivity index (χ0n) is 60.3. The third-order valence-corrected chi connectivity index (χ3v) is 21.4. The number of alkyl halides is 6. The van der Waals surface area contributed by atoms with Gasteiger partial charge in [0.2, 0.25) is 0 Å². The number of H-pyrrole nitrogens is 4. The summed E-state index contributed by atoms with van der Waals surface area (Å²) in [5.74, 6) is -2.37. The van der Waals surface area contributed by atoms with E-state index in [1.165, 1.54) is 59.0 Å². The maximum absolute atomic E-state index is 14.5. The number of hydrogen-bond acceptors (Lipinski definition) is 26. The third kappa shape index (κ3) is 20.0. The number of halogens is 6. The molecule has 652 valence electrons. The maximum atomic E-state index is 14.5. The molecule has 6 aromatic heterocycles. The molecule has 14 heterocycles. The first-order valence-corrected chi connectivity index (χ1v) is 34.8. The zero-order valence-corrected chi connectivity index (χ0v) is 60.3. The Labute approximate surface area is 660 Å². The summed E-state index contributed by atoms with van der Waals surface area (Å²) < 4.78 is 136. The number of nitrogens with one attached hydrogen (secondary N) is 4. The molecule has 116 heavy (non-hydrogen) atoms. The van der Waals surface area contributed by atoms with E-state index in [1.54, 1.807) is 20.8 Å². The molecule has 8 aliphatic rings. The molecule has 6 fully saturated rings. The van der Waals surface area contributed by atoms with Crippen molar-refractivity contribution < 1.29 is 89.8 Å². The summed E-state index contributed by atoms with van der Waals surface area (Å²) >= 11 is 0. The van der Waals surface area contributed by atoms with Gasteiger partial charge in [-0.15, -0.1) is 0 Å². The highest BCUT2D eigenvalue weighted by atomic mass is 19.2. The number of azide groups is 1. The van der Waals surface area contributed by atoms with E-state index in [0.717, 1.165) is 48.9 Å². The van der Waals surface area contributed by atoms with E-state index in [4.69, 9.17) is 53.6 Å². The highest BCUT2D eigenvalue weighted by molar-refractivity contribution is 5.13. The van der Waals surface area contributed by atoms with Gasteiger partial charge in [0, 0.05) is 108 Å². The lowest BCUT2D eigenvalue weighted by Gasteiger charge is -2.30. The average Bonchev–Trinajstić information content (AvgIpc) is 1.61. The number of nitrogens with zero attached hydrogens (tertiary/aromatic N) is 11. The van der Waals surface area contributed by atoms with Gasteiger partial charge >= 0.3 is 34.8 Å². The summed E-state index contributed by atoms with van der Waals surface area (Å²) in [6, 6.07) is 7.07. The first-order valence-electron chi connectivity index (χ1n) is 34.8. The van der Waals surface area contributed by atoms with Crippen LogP contribution in [0.25, 0.3) is 10.4 Å². The van der Waals surface area contributed by atoms with Crippen LogP contribution in [0.2, 0.25) is 0 Å². The summed E-state index contributed by atoms with van der Waals surface area (Å²) in [7, 11) is 0. The first-order chi connectivity index (χ1) is 52.1. The molecule has 0 aromatic carbocycles. The van der Waals surface area contributed by atoms with Crippen LogP contribution in [-0.4, -0.2) is 207 Å². The van der Waals surface area contributed by atoms with E-state index in [-0.39, 0.29) is 94.8 Å². The minimum atomic E-state index is -1.85. The highest BCUT2D eigenvalue weighted by Crippen LogP contribution is 2.50. The fraction of sp³-hybridized carbons (Fsp3) is 0.667. The molecule has 9 N–H and O–H groups in total. The van der Waals surface area contributed by atoms with Crippen molar-refractivity contribution in [3.8, 4) is 12.0 Å². The van der Waals surface area contributed by atoms with Crippen molar-refractivity contribution in [1.29, 1.82) is 0 Å². The van der Waals surface area contributed by atoms with Crippen LogP contribution in [0, 0.1) is 29.6 Å². The molecule has 6 saturated heterocycles. The van der Waals surface area contributed by atoms with Crippen LogP contribution in [0.4, 0.5) is 26.3 Å². The molecule has 0 radical (unpaired) electrons. The van der Waals surface area contributed by atoms with Crippen molar-refractivity contribution in [3.05, 3.63) is 188 Å². The molecule has 44 heteroatoms. The second-order valence-electron chi connectivity index (χ2n) is 27.3. The summed E-state index contributed by atoms with van der Waals surface area (Å²) in [5.41, 5.74) is -1.36. The number of ether oxygens (including phenoxy) is 8. The van der Waals surface area contributed by atoms with Crippen molar-refractivity contribution >= 4 is 0 Å². The topological polar surface area (TPSA) is 513 Å². The summed E-state index contributed by atoms with van der Waals surface area (Å²) in [5, 5.41) is 49.3. The number of fused-ring (bicyclic) bond motifs is 8. The monoisotopic (exact) mass is 1670 g/mol. The number of hydrogen-bond donors (Lipinski definition) is 9. The van der Waals surface area contributed by atoms with E-state index in [1.807, 2.05) is 42.6 Å². The van der Waals surface area contributed by atoms with Crippen molar-refractivity contribution in [2.45, 2.75) is 234 Å². The molecule has 0 aliphatic carbocycles. The van der Waals surface area contributed by atoms with Crippen molar-refractivity contribution in [3.63, 3.8) is 0 Å². The van der Waals surface area contributed by atoms with Crippen molar-refractivity contribution in [1.82, 2.24) is 57.3 Å².